The van der Waals surface area contributed by atoms with Crippen molar-refractivity contribution in [2.75, 3.05) is 0 Å². The molecule has 1 N–H and O–H groups in total. The Hall–Kier alpha value is -2.23. The van der Waals surface area contributed by atoms with Crippen LogP contribution in [0.5, 0.6) is 5.75 Å². The van der Waals surface area contributed by atoms with Crippen molar-refractivity contribution in [2.24, 2.45) is 10.2 Å². The van der Waals surface area contributed by atoms with E-state index in [1.165, 1.54) is 5.56 Å². The summed E-state index contributed by atoms with van der Waals surface area (Å²) >= 11 is 0. The van der Waals surface area contributed by atoms with Crippen molar-refractivity contribution in [3.63, 3.8) is 0 Å². The molecule has 1 heterocycles. The Morgan fingerprint density at radius 3 is 2.25 bits per heavy atom. The average molecular weight is 325 g/mol. The first kappa shape index (κ1) is 18.1. The van der Waals surface area contributed by atoms with Gasteiger partial charge in [0.25, 0.3) is 0 Å². The van der Waals surface area contributed by atoms with Gasteiger partial charge in [-0.3, -0.25) is 0 Å². The summed E-state index contributed by atoms with van der Waals surface area (Å²) in [5.74, 6) is 0.885. The van der Waals surface area contributed by atoms with E-state index in [-0.39, 0.29) is 10.8 Å². The Morgan fingerprint density at radius 1 is 1.00 bits per heavy atom. The largest absolute Gasteiger partial charge is 0.507 e. The van der Waals surface area contributed by atoms with E-state index >= 15 is 0 Å². The fourth-order valence-electron chi connectivity index (χ4n) is 2.42. The van der Waals surface area contributed by atoms with E-state index in [0.29, 0.717) is 18.1 Å². The van der Waals surface area contributed by atoms with Gasteiger partial charge in [-0.15, -0.1) is 5.11 Å². The van der Waals surface area contributed by atoms with Crippen LogP contribution in [0.3, 0.4) is 0 Å². The minimum absolute atomic E-state index is 0.000574. The lowest BCUT2D eigenvalue weighted by Crippen LogP contribution is -2.17. The SMILES string of the molecule is CC(C)(C)c1cc(CN=Nc2ccccn2)c(O)c(C(C)(C)C)c1. The van der Waals surface area contributed by atoms with E-state index in [1.54, 1.807) is 12.3 Å². The first-order chi connectivity index (χ1) is 11.1. The summed E-state index contributed by atoms with van der Waals surface area (Å²) in [4.78, 5) is 4.12. The molecule has 0 spiro atoms. The molecule has 128 valence electrons. The number of phenolic OH excluding ortho intramolecular Hbond substituents is 1. The monoisotopic (exact) mass is 325 g/mol. The molecular formula is C20H27N3O. The lowest BCUT2D eigenvalue weighted by Gasteiger charge is -2.27. The van der Waals surface area contributed by atoms with E-state index < -0.39 is 0 Å². The molecule has 0 amide bonds. The lowest BCUT2D eigenvalue weighted by atomic mass is 9.79. The van der Waals surface area contributed by atoms with Crippen molar-refractivity contribution >= 4 is 5.82 Å². The summed E-state index contributed by atoms with van der Waals surface area (Å²) in [5.41, 5.74) is 2.79. The predicted octanol–water partition coefficient (Wildman–Crippen LogP) is 5.67. The summed E-state index contributed by atoms with van der Waals surface area (Å²) in [6.07, 6.45) is 1.68. The third-order valence-corrected chi connectivity index (χ3v) is 3.93. The van der Waals surface area contributed by atoms with Crippen molar-refractivity contribution in [3.8, 4) is 5.75 Å². The van der Waals surface area contributed by atoms with Crippen LogP contribution < -0.4 is 0 Å². The van der Waals surface area contributed by atoms with Crippen LogP contribution in [0.2, 0.25) is 0 Å². The molecule has 0 radical (unpaired) electrons. The molecule has 0 aliphatic carbocycles. The summed E-state index contributed by atoms with van der Waals surface area (Å²) in [5, 5.41) is 19.0. The third kappa shape index (κ3) is 4.40. The van der Waals surface area contributed by atoms with Crippen molar-refractivity contribution in [1.82, 2.24) is 4.98 Å². The van der Waals surface area contributed by atoms with Gasteiger partial charge in [0.1, 0.15) is 5.75 Å². The zero-order chi connectivity index (χ0) is 18.0. The predicted molar refractivity (Wildman–Crippen MR) is 98.0 cm³/mol. The van der Waals surface area contributed by atoms with Crippen LogP contribution in [0.15, 0.2) is 46.8 Å². The van der Waals surface area contributed by atoms with E-state index in [1.807, 2.05) is 18.2 Å². The van der Waals surface area contributed by atoms with Crippen molar-refractivity contribution < 1.29 is 5.11 Å². The van der Waals surface area contributed by atoms with Crippen molar-refractivity contribution in [1.29, 1.82) is 0 Å². The van der Waals surface area contributed by atoms with E-state index in [9.17, 15) is 5.11 Å². The number of azo groups is 1. The number of aromatic nitrogens is 1. The molecule has 0 unspecified atom stereocenters. The molecule has 2 aromatic rings. The van der Waals surface area contributed by atoms with Gasteiger partial charge in [-0.2, -0.15) is 5.11 Å². The molecule has 1 aromatic carbocycles. The fourth-order valence-corrected chi connectivity index (χ4v) is 2.42. The Balaban J connectivity index is 2.39. The summed E-state index contributed by atoms with van der Waals surface area (Å²) < 4.78 is 0. The number of pyridine rings is 1. The highest BCUT2D eigenvalue weighted by atomic mass is 16.3. The maximum atomic E-state index is 10.7. The second-order valence-electron chi connectivity index (χ2n) is 8.12. The number of phenols is 1. The second-order valence-corrected chi connectivity index (χ2v) is 8.12. The van der Waals surface area contributed by atoms with Crippen molar-refractivity contribution in [3.05, 3.63) is 53.2 Å². The van der Waals surface area contributed by atoms with E-state index in [4.69, 9.17) is 0 Å². The molecule has 0 saturated carbocycles. The molecule has 0 fully saturated rings. The summed E-state index contributed by atoms with van der Waals surface area (Å²) in [7, 11) is 0. The number of nitrogens with zero attached hydrogens (tertiary/aromatic N) is 3. The molecule has 1 aromatic heterocycles. The Bertz CT molecular complexity index is 723. The van der Waals surface area contributed by atoms with Crippen LogP contribution in [0.4, 0.5) is 5.82 Å². The van der Waals surface area contributed by atoms with Gasteiger partial charge in [-0.25, -0.2) is 4.98 Å². The smallest absolute Gasteiger partial charge is 0.173 e. The molecule has 0 aliphatic heterocycles. The maximum absolute atomic E-state index is 10.7. The van der Waals surface area contributed by atoms with E-state index in [0.717, 1.165) is 11.1 Å². The van der Waals surface area contributed by atoms with Crippen molar-refractivity contribution in [2.45, 2.75) is 58.9 Å². The molecule has 4 nitrogen and oxygen atoms in total. The van der Waals surface area contributed by atoms with Crippen LogP contribution >= 0.6 is 0 Å². The number of hydrogen-bond acceptors (Lipinski definition) is 4. The minimum Gasteiger partial charge on any atom is -0.507 e. The quantitative estimate of drug-likeness (QED) is 0.739. The van der Waals surface area contributed by atoms with Gasteiger partial charge in [-0.05, 0) is 40.2 Å². The van der Waals surface area contributed by atoms with Gasteiger partial charge in [0.05, 0.1) is 6.54 Å². The number of aromatic hydroxyl groups is 1. The van der Waals surface area contributed by atoms with Gasteiger partial charge in [0, 0.05) is 11.8 Å². The number of benzene rings is 1. The molecule has 0 aliphatic rings. The molecule has 0 atom stereocenters. The zero-order valence-electron chi connectivity index (χ0n) is 15.5. The maximum Gasteiger partial charge on any atom is 0.173 e. The normalized spacial score (nSPS) is 12.8. The molecule has 4 heteroatoms. The van der Waals surface area contributed by atoms with Crippen LogP contribution in [-0.2, 0) is 17.4 Å². The molecule has 24 heavy (non-hydrogen) atoms. The zero-order valence-corrected chi connectivity index (χ0v) is 15.5. The Kier molecular flexibility index (Phi) is 5.07. The molecule has 0 bridgehead atoms. The lowest BCUT2D eigenvalue weighted by molar-refractivity contribution is 0.438. The molecule has 2 rings (SSSR count). The van der Waals surface area contributed by atoms with Crippen LogP contribution in [0.1, 0.15) is 58.2 Å². The number of hydrogen-bond donors (Lipinski definition) is 1. The van der Waals surface area contributed by atoms with Gasteiger partial charge in [-0.1, -0.05) is 53.7 Å². The first-order valence-corrected chi connectivity index (χ1v) is 8.24. The average Bonchev–Trinajstić information content (AvgIpc) is 2.47. The topological polar surface area (TPSA) is 57.8 Å². The Labute approximate surface area is 144 Å². The molecular weight excluding hydrogens is 298 g/mol. The van der Waals surface area contributed by atoms with Crippen LogP contribution in [0.25, 0.3) is 0 Å². The summed E-state index contributed by atoms with van der Waals surface area (Å²) in [6.45, 7) is 13.2. The second kappa shape index (κ2) is 6.71. The highest BCUT2D eigenvalue weighted by molar-refractivity contribution is 5.48. The number of rotatable bonds is 3. The van der Waals surface area contributed by atoms with Gasteiger partial charge in [0.2, 0.25) is 0 Å². The Morgan fingerprint density at radius 2 is 1.71 bits per heavy atom. The highest BCUT2D eigenvalue weighted by Gasteiger charge is 2.24. The van der Waals surface area contributed by atoms with Crippen LogP contribution in [-0.4, -0.2) is 10.1 Å². The fraction of sp³-hybridized carbons (Fsp3) is 0.450. The molecule has 0 saturated heterocycles. The highest BCUT2D eigenvalue weighted by Crippen LogP contribution is 2.38. The van der Waals surface area contributed by atoms with Gasteiger partial charge >= 0.3 is 0 Å². The first-order valence-electron chi connectivity index (χ1n) is 8.24. The van der Waals surface area contributed by atoms with Crippen LogP contribution in [0, 0.1) is 0 Å². The third-order valence-electron chi connectivity index (χ3n) is 3.93. The standard InChI is InChI=1S/C20H27N3O/c1-19(2,3)15-11-14(18(24)16(12-15)20(4,5)6)13-22-23-17-9-7-8-10-21-17/h7-12,24H,13H2,1-6H3. The van der Waals surface area contributed by atoms with Gasteiger partial charge in [0.15, 0.2) is 5.82 Å². The summed E-state index contributed by atoms with van der Waals surface area (Å²) in [6, 6.07) is 9.65. The van der Waals surface area contributed by atoms with Gasteiger partial charge < -0.3 is 5.11 Å². The van der Waals surface area contributed by atoms with E-state index in [2.05, 4.69) is 62.8 Å². The minimum atomic E-state index is -0.141.